The predicted octanol–water partition coefficient (Wildman–Crippen LogP) is 3.33. The van der Waals surface area contributed by atoms with Gasteiger partial charge in [0.15, 0.2) is 0 Å². The maximum absolute atomic E-state index is 5.46. The molecule has 0 aliphatic carbocycles. The minimum absolute atomic E-state index is 0.541. The van der Waals surface area contributed by atoms with Gasteiger partial charge in [0.25, 0.3) is 0 Å². The number of amidine groups is 1. The minimum atomic E-state index is 0.541. The van der Waals surface area contributed by atoms with Gasteiger partial charge in [-0.15, -0.1) is 0 Å². The molecule has 0 saturated heterocycles. The van der Waals surface area contributed by atoms with Gasteiger partial charge in [-0.1, -0.05) is 37.3 Å². The third-order valence-corrected chi connectivity index (χ3v) is 2.48. The fourth-order valence-electron chi connectivity index (χ4n) is 1.06. The van der Waals surface area contributed by atoms with Crippen LogP contribution in [0.3, 0.4) is 0 Å². The van der Waals surface area contributed by atoms with E-state index in [1.165, 1.54) is 0 Å². The molecule has 2 rings (SSSR count). The summed E-state index contributed by atoms with van der Waals surface area (Å²) in [6.07, 6.45) is 0. The second kappa shape index (κ2) is 5.46. The molecule has 0 unspecified atom stereocenters. The lowest BCUT2D eigenvalue weighted by molar-refractivity contribution is 1.38. The molecule has 0 fully saturated rings. The standard InChI is InChI=1S/C9H9N3S.C2H6/c1-6(10)11-9-12-7-4-2-3-5-8(7)13-9;1-2/h2-5H,1H3,(H2,10,11,12);1-2H3. The van der Waals surface area contributed by atoms with Gasteiger partial charge in [-0.3, -0.25) is 0 Å². The van der Waals surface area contributed by atoms with Crippen LogP contribution in [0.5, 0.6) is 0 Å². The molecule has 2 N–H and O–H groups in total. The Morgan fingerprint density at radius 3 is 2.60 bits per heavy atom. The number of nitrogens with two attached hydrogens (primary N) is 1. The van der Waals surface area contributed by atoms with Crippen molar-refractivity contribution in [2.45, 2.75) is 20.8 Å². The Balaban J connectivity index is 0.000000531. The number of rotatable bonds is 1. The highest BCUT2D eigenvalue weighted by molar-refractivity contribution is 7.22. The number of fused-ring (bicyclic) bond motifs is 1. The highest BCUT2D eigenvalue weighted by Gasteiger charge is 2.00. The molecule has 4 heteroatoms. The van der Waals surface area contributed by atoms with Crippen molar-refractivity contribution < 1.29 is 0 Å². The summed E-state index contributed by atoms with van der Waals surface area (Å²) in [6.45, 7) is 5.76. The molecule has 1 aromatic heterocycles. The van der Waals surface area contributed by atoms with Gasteiger partial charge in [0.2, 0.25) is 5.13 Å². The SMILES string of the molecule is C/C(N)=N/c1nc2ccccc2s1.CC. The Morgan fingerprint density at radius 1 is 1.33 bits per heavy atom. The molecule has 0 bridgehead atoms. The lowest BCUT2D eigenvalue weighted by Gasteiger charge is -1.84. The van der Waals surface area contributed by atoms with Gasteiger partial charge in [-0.05, 0) is 19.1 Å². The third kappa shape index (κ3) is 3.02. The summed E-state index contributed by atoms with van der Waals surface area (Å²) in [5, 5.41) is 0.723. The normalized spacial score (nSPS) is 11.0. The summed E-state index contributed by atoms with van der Waals surface area (Å²) in [6, 6.07) is 7.95. The molecule has 1 aromatic carbocycles. The molecule has 2 aromatic rings. The average molecular weight is 221 g/mol. The van der Waals surface area contributed by atoms with Crippen molar-refractivity contribution in [3.8, 4) is 0 Å². The van der Waals surface area contributed by atoms with E-state index < -0.39 is 0 Å². The number of thiazole rings is 1. The predicted molar refractivity (Wildman–Crippen MR) is 67.9 cm³/mol. The molecule has 0 atom stereocenters. The van der Waals surface area contributed by atoms with Crippen LogP contribution < -0.4 is 5.73 Å². The minimum Gasteiger partial charge on any atom is -0.387 e. The van der Waals surface area contributed by atoms with Gasteiger partial charge in [0, 0.05) is 0 Å². The number of aromatic nitrogens is 1. The van der Waals surface area contributed by atoms with Crippen molar-refractivity contribution in [2.75, 3.05) is 0 Å². The maximum Gasteiger partial charge on any atom is 0.211 e. The first-order valence-corrected chi connectivity index (χ1v) is 5.74. The van der Waals surface area contributed by atoms with Crippen molar-refractivity contribution in [1.82, 2.24) is 4.98 Å². The number of benzene rings is 1. The van der Waals surface area contributed by atoms with Crippen molar-refractivity contribution in [3.63, 3.8) is 0 Å². The largest absolute Gasteiger partial charge is 0.387 e. The van der Waals surface area contributed by atoms with E-state index in [-0.39, 0.29) is 0 Å². The molecule has 0 spiro atoms. The van der Waals surface area contributed by atoms with Gasteiger partial charge < -0.3 is 5.73 Å². The topological polar surface area (TPSA) is 51.3 Å². The van der Waals surface area contributed by atoms with Crippen LogP contribution in [0.4, 0.5) is 5.13 Å². The fourth-order valence-corrected chi connectivity index (χ4v) is 1.95. The van der Waals surface area contributed by atoms with Crippen LogP contribution in [0.25, 0.3) is 10.2 Å². The summed E-state index contributed by atoms with van der Waals surface area (Å²) < 4.78 is 1.14. The monoisotopic (exact) mass is 221 g/mol. The van der Waals surface area contributed by atoms with E-state index in [2.05, 4.69) is 9.98 Å². The van der Waals surface area contributed by atoms with Crippen LogP contribution in [0.1, 0.15) is 20.8 Å². The van der Waals surface area contributed by atoms with E-state index >= 15 is 0 Å². The number of nitrogens with zero attached hydrogens (tertiary/aromatic N) is 2. The summed E-state index contributed by atoms with van der Waals surface area (Å²) >= 11 is 1.55. The Kier molecular flexibility index (Phi) is 4.24. The number of hydrogen-bond donors (Lipinski definition) is 1. The molecule has 0 aliphatic rings. The highest BCUT2D eigenvalue weighted by atomic mass is 32.1. The number of aliphatic imine (C=N–C) groups is 1. The van der Waals surface area contributed by atoms with Crippen LogP contribution >= 0.6 is 11.3 Å². The van der Waals surface area contributed by atoms with Crippen molar-refractivity contribution in [2.24, 2.45) is 10.7 Å². The second-order valence-electron chi connectivity index (χ2n) is 2.72. The zero-order valence-electron chi connectivity index (χ0n) is 9.19. The van der Waals surface area contributed by atoms with Crippen molar-refractivity contribution in [3.05, 3.63) is 24.3 Å². The van der Waals surface area contributed by atoms with E-state index in [0.29, 0.717) is 5.84 Å². The van der Waals surface area contributed by atoms with Crippen LogP contribution in [0, 0.1) is 0 Å². The van der Waals surface area contributed by atoms with Gasteiger partial charge in [0.1, 0.15) is 0 Å². The molecule has 0 amide bonds. The van der Waals surface area contributed by atoms with Crippen molar-refractivity contribution in [1.29, 1.82) is 0 Å². The lowest BCUT2D eigenvalue weighted by atomic mass is 10.3. The lowest BCUT2D eigenvalue weighted by Crippen LogP contribution is -2.03. The second-order valence-corrected chi connectivity index (χ2v) is 3.73. The summed E-state index contributed by atoms with van der Waals surface area (Å²) in [5.74, 6) is 0.541. The van der Waals surface area contributed by atoms with Gasteiger partial charge in [-0.2, -0.15) is 0 Å². The summed E-state index contributed by atoms with van der Waals surface area (Å²) in [5.41, 5.74) is 6.44. The smallest absolute Gasteiger partial charge is 0.211 e. The molecule has 15 heavy (non-hydrogen) atoms. The third-order valence-electron chi connectivity index (χ3n) is 1.55. The molecule has 0 aliphatic heterocycles. The van der Waals surface area contributed by atoms with E-state index in [1.54, 1.807) is 18.3 Å². The maximum atomic E-state index is 5.46. The zero-order valence-corrected chi connectivity index (χ0v) is 10.0. The number of hydrogen-bond acceptors (Lipinski definition) is 3. The first-order valence-electron chi connectivity index (χ1n) is 4.92. The Hall–Kier alpha value is -1.42. The van der Waals surface area contributed by atoms with E-state index in [4.69, 9.17) is 5.73 Å². The van der Waals surface area contributed by atoms with E-state index in [9.17, 15) is 0 Å². The highest BCUT2D eigenvalue weighted by Crippen LogP contribution is 2.27. The fraction of sp³-hybridized carbons (Fsp3) is 0.273. The molecule has 3 nitrogen and oxygen atoms in total. The quantitative estimate of drug-likeness (QED) is 0.593. The van der Waals surface area contributed by atoms with E-state index in [1.807, 2.05) is 38.1 Å². The average Bonchev–Trinajstić information content (AvgIpc) is 2.61. The molecule has 0 radical (unpaired) electrons. The van der Waals surface area contributed by atoms with Crippen LogP contribution in [-0.2, 0) is 0 Å². The van der Waals surface area contributed by atoms with Crippen LogP contribution in [-0.4, -0.2) is 10.8 Å². The summed E-state index contributed by atoms with van der Waals surface area (Å²) in [4.78, 5) is 8.40. The van der Waals surface area contributed by atoms with Crippen LogP contribution in [0.15, 0.2) is 29.3 Å². The van der Waals surface area contributed by atoms with Crippen LogP contribution in [0.2, 0.25) is 0 Å². The molecular formula is C11H15N3S. The molecule has 0 saturated carbocycles. The molecular weight excluding hydrogens is 206 g/mol. The number of para-hydroxylation sites is 1. The van der Waals surface area contributed by atoms with Gasteiger partial charge in [-0.25, -0.2) is 9.98 Å². The van der Waals surface area contributed by atoms with Gasteiger partial charge in [0.05, 0.1) is 16.1 Å². The Morgan fingerprint density at radius 2 is 2.00 bits per heavy atom. The molecule has 1 heterocycles. The summed E-state index contributed by atoms with van der Waals surface area (Å²) in [7, 11) is 0. The Labute approximate surface area is 93.7 Å². The Bertz CT molecular complexity index is 423. The van der Waals surface area contributed by atoms with E-state index in [0.717, 1.165) is 15.3 Å². The molecule has 80 valence electrons. The first-order chi connectivity index (χ1) is 7.25. The van der Waals surface area contributed by atoms with Crippen molar-refractivity contribution >= 4 is 32.5 Å². The van der Waals surface area contributed by atoms with Gasteiger partial charge >= 0.3 is 0 Å². The zero-order chi connectivity index (χ0) is 11.3. The first kappa shape index (κ1) is 11.7.